The monoisotopic (exact) mass is 463 g/mol. The fraction of sp³-hybridized carbons (Fsp3) is 0.722. The summed E-state index contributed by atoms with van der Waals surface area (Å²) >= 11 is 4.04. The third-order valence-electron chi connectivity index (χ3n) is 4.36. The van der Waals surface area contributed by atoms with Crippen molar-refractivity contribution in [2.45, 2.75) is 63.7 Å². The number of carbonyl (C=O) groups excluding carboxylic acids is 3. The summed E-state index contributed by atoms with van der Waals surface area (Å²) in [4.78, 5) is 59.3. The fourth-order valence-electron chi connectivity index (χ4n) is 2.56. The molecule has 9 N–H and O–H groups in total. The molecule has 0 bridgehead atoms. The number of amides is 3. The van der Waals surface area contributed by atoms with Crippen LogP contribution in [0.4, 0.5) is 0 Å². The standard InChI is InChI=1S/C18H33N5O7S/c1-9(2)14(18(29)30)23-17(28)12(8-31)22-16(27)11(5-3-4-6-19)21-15(26)10(20)7-13(24)25/h9-12,14,31H,3-8,19-20H2,1-2H3,(H,21,26)(H,22,27)(H,23,28)(H,24,25)(H,29,30). The van der Waals surface area contributed by atoms with Gasteiger partial charge in [-0.15, -0.1) is 0 Å². The van der Waals surface area contributed by atoms with Gasteiger partial charge in [0.1, 0.15) is 18.1 Å². The normalized spacial score (nSPS) is 14.8. The van der Waals surface area contributed by atoms with Crippen LogP contribution >= 0.6 is 12.6 Å². The minimum atomic E-state index is -1.35. The van der Waals surface area contributed by atoms with Gasteiger partial charge in [-0.05, 0) is 31.7 Å². The SMILES string of the molecule is CC(C)C(NC(=O)C(CS)NC(=O)C(CCCCN)NC(=O)C(N)CC(=O)O)C(=O)O. The van der Waals surface area contributed by atoms with Gasteiger partial charge in [0.2, 0.25) is 17.7 Å². The smallest absolute Gasteiger partial charge is 0.326 e. The van der Waals surface area contributed by atoms with Crippen molar-refractivity contribution in [1.82, 2.24) is 16.0 Å². The maximum Gasteiger partial charge on any atom is 0.326 e. The molecule has 0 aliphatic carbocycles. The largest absolute Gasteiger partial charge is 0.481 e. The second-order valence-corrected chi connectivity index (χ2v) is 7.73. The Morgan fingerprint density at radius 2 is 1.45 bits per heavy atom. The Morgan fingerprint density at radius 1 is 0.903 bits per heavy atom. The zero-order valence-corrected chi connectivity index (χ0v) is 18.6. The summed E-state index contributed by atoms with van der Waals surface area (Å²) in [5, 5.41) is 25.2. The van der Waals surface area contributed by atoms with Gasteiger partial charge in [-0.2, -0.15) is 12.6 Å². The van der Waals surface area contributed by atoms with Crippen LogP contribution in [0.2, 0.25) is 0 Å². The third kappa shape index (κ3) is 11.0. The third-order valence-corrected chi connectivity index (χ3v) is 4.72. The second kappa shape index (κ2) is 14.6. The van der Waals surface area contributed by atoms with Crippen molar-refractivity contribution in [3.63, 3.8) is 0 Å². The van der Waals surface area contributed by atoms with Crippen molar-refractivity contribution in [3.8, 4) is 0 Å². The summed E-state index contributed by atoms with van der Waals surface area (Å²) in [7, 11) is 0. The number of nitrogens with one attached hydrogen (secondary N) is 3. The van der Waals surface area contributed by atoms with Crippen LogP contribution in [-0.2, 0) is 24.0 Å². The lowest BCUT2D eigenvalue weighted by Gasteiger charge is -2.25. The number of carboxylic acid groups (broad SMARTS) is 2. The highest BCUT2D eigenvalue weighted by Gasteiger charge is 2.30. The lowest BCUT2D eigenvalue weighted by molar-refractivity contribution is -0.143. The Morgan fingerprint density at radius 3 is 1.90 bits per heavy atom. The number of unbranched alkanes of at least 4 members (excludes halogenated alkanes) is 1. The number of carbonyl (C=O) groups is 5. The summed E-state index contributed by atoms with van der Waals surface area (Å²) < 4.78 is 0. The Kier molecular flexibility index (Phi) is 13.5. The van der Waals surface area contributed by atoms with Gasteiger partial charge in [0.15, 0.2) is 0 Å². The molecule has 12 nitrogen and oxygen atoms in total. The minimum Gasteiger partial charge on any atom is -0.481 e. The number of rotatable bonds is 15. The van der Waals surface area contributed by atoms with E-state index in [2.05, 4.69) is 28.6 Å². The number of hydrogen-bond acceptors (Lipinski definition) is 8. The minimum absolute atomic E-state index is 0.121. The topological polar surface area (TPSA) is 214 Å². The first kappa shape index (κ1) is 28.6. The maximum atomic E-state index is 12.7. The molecular weight excluding hydrogens is 430 g/mol. The van der Waals surface area contributed by atoms with Crippen molar-refractivity contribution < 1.29 is 34.2 Å². The highest BCUT2D eigenvalue weighted by molar-refractivity contribution is 7.80. The molecule has 0 saturated heterocycles. The van der Waals surface area contributed by atoms with Gasteiger partial charge in [-0.1, -0.05) is 13.8 Å². The lowest BCUT2D eigenvalue weighted by Crippen LogP contribution is -2.58. The predicted molar refractivity (Wildman–Crippen MR) is 115 cm³/mol. The number of thiol groups is 1. The van der Waals surface area contributed by atoms with Crippen LogP contribution in [0.25, 0.3) is 0 Å². The molecule has 3 amide bonds. The van der Waals surface area contributed by atoms with Gasteiger partial charge in [0.25, 0.3) is 0 Å². The maximum absolute atomic E-state index is 12.7. The lowest BCUT2D eigenvalue weighted by atomic mass is 10.0. The van der Waals surface area contributed by atoms with E-state index in [4.69, 9.17) is 16.6 Å². The van der Waals surface area contributed by atoms with E-state index in [1.165, 1.54) is 0 Å². The Hall–Kier alpha value is -2.38. The van der Waals surface area contributed by atoms with Gasteiger partial charge in [-0.25, -0.2) is 4.79 Å². The van der Waals surface area contributed by atoms with E-state index in [9.17, 15) is 29.1 Å². The Bertz CT molecular complexity index is 647. The molecule has 0 aromatic rings. The van der Waals surface area contributed by atoms with Gasteiger partial charge in [0.05, 0.1) is 12.5 Å². The summed E-state index contributed by atoms with van der Waals surface area (Å²) in [6.45, 7) is 3.61. The van der Waals surface area contributed by atoms with Crippen LogP contribution in [0, 0.1) is 5.92 Å². The van der Waals surface area contributed by atoms with E-state index in [1.807, 2.05) is 0 Å². The molecule has 4 unspecified atom stereocenters. The quantitative estimate of drug-likeness (QED) is 0.0998. The summed E-state index contributed by atoms with van der Waals surface area (Å²) in [5.74, 6) is -5.27. The average Bonchev–Trinajstić information content (AvgIpc) is 2.67. The highest BCUT2D eigenvalue weighted by Crippen LogP contribution is 2.05. The van der Waals surface area contributed by atoms with Crippen LogP contribution in [-0.4, -0.2) is 76.3 Å². The predicted octanol–water partition coefficient (Wildman–Crippen LogP) is -1.96. The Balaban J connectivity index is 5.25. The number of carboxylic acids is 2. The molecule has 0 saturated carbocycles. The molecule has 178 valence electrons. The molecule has 13 heteroatoms. The Labute approximate surface area is 186 Å². The summed E-state index contributed by atoms with van der Waals surface area (Å²) in [5.41, 5.74) is 11.0. The van der Waals surface area contributed by atoms with Gasteiger partial charge in [0, 0.05) is 5.75 Å². The molecule has 0 aromatic carbocycles. The first-order chi connectivity index (χ1) is 14.4. The first-order valence-electron chi connectivity index (χ1n) is 9.86. The number of nitrogens with two attached hydrogens (primary N) is 2. The first-order valence-corrected chi connectivity index (χ1v) is 10.5. The molecule has 0 rings (SSSR count). The molecule has 0 aromatic heterocycles. The second-order valence-electron chi connectivity index (χ2n) is 7.36. The highest BCUT2D eigenvalue weighted by atomic mass is 32.1. The van der Waals surface area contributed by atoms with Gasteiger partial charge < -0.3 is 37.6 Å². The average molecular weight is 464 g/mol. The van der Waals surface area contributed by atoms with E-state index in [1.54, 1.807) is 13.8 Å². The van der Waals surface area contributed by atoms with Gasteiger partial charge >= 0.3 is 11.9 Å². The fourth-order valence-corrected chi connectivity index (χ4v) is 2.81. The molecule has 4 atom stereocenters. The van der Waals surface area contributed by atoms with Crippen LogP contribution in [0.5, 0.6) is 0 Å². The van der Waals surface area contributed by atoms with E-state index in [0.717, 1.165) is 0 Å². The molecule has 0 spiro atoms. The molecule has 0 heterocycles. The molecule has 31 heavy (non-hydrogen) atoms. The van der Waals surface area contributed by atoms with Crippen LogP contribution in [0.15, 0.2) is 0 Å². The molecule has 0 fully saturated rings. The zero-order valence-electron chi connectivity index (χ0n) is 17.7. The van der Waals surface area contributed by atoms with E-state index in [0.29, 0.717) is 19.4 Å². The molecule has 0 aliphatic heterocycles. The van der Waals surface area contributed by atoms with Crippen molar-refractivity contribution in [3.05, 3.63) is 0 Å². The summed E-state index contributed by atoms with van der Waals surface area (Å²) in [6.07, 6.45) is 0.622. The van der Waals surface area contributed by atoms with Crippen LogP contribution in [0.3, 0.4) is 0 Å². The molecule has 0 radical (unpaired) electrons. The number of aliphatic carboxylic acids is 2. The van der Waals surface area contributed by atoms with E-state index in [-0.39, 0.29) is 12.2 Å². The zero-order chi connectivity index (χ0) is 24.1. The van der Waals surface area contributed by atoms with Crippen LogP contribution < -0.4 is 27.4 Å². The van der Waals surface area contributed by atoms with Crippen LogP contribution in [0.1, 0.15) is 39.5 Å². The van der Waals surface area contributed by atoms with Crippen molar-refractivity contribution >= 4 is 42.3 Å². The van der Waals surface area contributed by atoms with Crippen molar-refractivity contribution in [2.75, 3.05) is 12.3 Å². The van der Waals surface area contributed by atoms with E-state index >= 15 is 0 Å². The van der Waals surface area contributed by atoms with Crippen molar-refractivity contribution in [2.24, 2.45) is 17.4 Å². The summed E-state index contributed by atoms with van der Waals surface area (Å²) in [6, 6.07) is -4.75. The molecule has 0 aliphatic rings. The van der Waals surface area contributed by atoms with E-state index < -0.39 is 66.2 Å². The molecular formula is C18H33N5O7S. The van der Waals surface area contributed by atoms with Crippen molar-refractivity contribution in [1.29, 1.82) is 0 Å². The number of hydrogen-bond donors (Lipinski definition) is 8. The van der Waals surface area contributed by atoms with Gasteiger partial charge in [-0.3, -0.25) is 19.2 Å².